The van der Waals surface area contributed by atoms with Crippen LogP contribution in [0.5, 0.6) is 0 Å². The molecule has 0 fully saturated rings. The summed E-state index contributed by atoms with van der Waals surface area (Å²) in [5, 5.41) is 3.95. The molecule has 0 amide bonds. The lowest BCUT2D eigenvalue weighted by Crippen LogP contribution is -2.54. The number of hydrogen-bond acceptors (Lipinski definition) is 9. The predicted molar refractivity (Wildman–Crippen MR) is 167 cm³/mol. The molecule has 9 nitrogen and oxygen atoms in total. The molecule has 0 aromatic carbocycles. The summed E-state index contributed by atoms with van der Waals surface area (Å²) < 4.78 is 38.2. The minimum Gasteiger partial charge on any atom is -0.607 e. The van der Waals surface area contributed by atoms with Crippen molar-refractivity contribution < 1.29 is 36.0 Å². The van der Waals surface area contributed by atoms with Crippen LogP contribution in [-0.4, -0.2) is 79.8 Å². The molecule has 0 bridgehead atoms. The lowest BCUT2D eigenvalue weighted by molar-refractivity contribution is -0.235. The molecule has 15 heteroatoms. The normalized spacial score (nSPS) is 17.2. The van der Waals surface area contributed by atoms with Crippen LogP contribution in [0.2, 0.25) is 98.2 Å². The lowest BCUT2D eigenvalue weighted by atomic mass is 10.1. The third-order valence-corrected chi connectivity index (χ3v) is 13.6. The van der Waals surface area contributed by atoms with Crippen LogP contribution in [0.15, 0.2) is 5.16 Å². The van der Waals surface area contributed by atoms with Crippen molar-refractivity contribution in [3.8, 4) is 0 Å². The quantitative estimate of drug-likeness (QED) is 0.0737. The van der Waals surface area contributed by atoms with E-state index in [4.69, 9.17) is 31.1 Å². The highest BCUT2D eigenvalue weighted by atomic mass is 31.2. The maximum atomic E-state index is 13.9. The van der Waals surface area contributed by atoms with Crippen LogP contribution in [-0.2, 0) is 31.1 Å². The number of oxime groups is 1. The van der Waals surface area contributed by atoms with Crippen molar-refractivity contribution in [2.75, 3.05) is 13.7 Å². The Morgan fingerprint density at radius 3 is 1.41 bits per heavy atom. The average molecular weight is 634 g/mol. The summed E-state index contributed by atoms with van der Waals surface area (Å²) in [7, 11) is -13.0. The van der Waals surface area contributed by atoms with Crippen LogP contribution in [0, 0.1) is 0 Å². The third kappa shape index (κ3) is 20.3. The number of hydrogen-bond donors (Lipinski definition) is 0. The average Bonchev–Trinajstić information content (AvgIpc) is 2.56. The topological polar surface area (TPSA) is 100 Å². The van der Waals surface area contributed by atoms with Gasteiger partial charge in [-0.3, -0.25) is 0 Å². The van der Waals surface area contributed by atoms with E-state index >= 15 is 0 Å². The zero-order valence-electron chi connectivity index (χ0n) is 26.4. The van der Waals surface area contributed by atoms with Gasteiger partial charge in [0.05, 0.1) is 12.2 Å². The summed E-state index contributed by atoms with van der Waals surface area (Å²) in [5.41, 5.74) is 0. The van der Waals surface area contributed by atoms with E-state index in [9.17, 15) is 4.89 Å². The molecule has 0 heterocycles. The van der Waals surface area contributed by atoms with Crippen molar-refractivity contribution in [1.29, 1.82) is 0 Å². The SMILES string of the molecule is CO/N=C\C[C@@H](O[Si](C)(C)C)[C@H](O[Si](C)(C)C)[C@@H](CO[P+]([O-])(O[Si](C)(C)C)O[Si](C)(C)C)O[Si](C)(C)C. The molecule has 0 N–H and O–H groups in total. The third-order valence-electron chi connectivity index (χ3n) is 3.92. The van der Waals surface area contributed by atoms with E-state index in [2.05, 4.69) is 64.1 Å². The van der Waals surface area contributed by atoms with Crippen molar-refractivity contribution in [2.45, 2.75) is 123 Å². The van der Waals surface area contributed by atoms with Crippen molar-refractivity contribution in [3.05, 3.63) is 0 Å². The van der Waals surface area contributed by atoms with E-state index in [0.717, 1.165) is 0 Å². The van der Waals surface area contributed by atoms with Gasteiger partial charge in [-0.05, 0) is 98.2 Å². The molecule has 0 unspecified atom stereocenters. The van der Waals surface area contributed by atoms with Gasteiger partial charge in [0.15, 0.2) is 25.0 Å². The van der Waals surface area contributed by atoms with Gasteiger partial charge in [-0.15, -0.1) is 0 Å². The predicted octanol–water partition coefficient (Wildman–Crippen LogP) is 6.43. The molecule has 37 heavy (non-hydrogen) atoms. The van der Waals surface area contributed by atoms with Crippen molar-refractivity contribution in [1.82, 2.24) is 0 Å². The Morgan fingerprint density at radius 1 is 0.649 bits per heavy atom. The molecule has 0 rings (SSSR count). The summed E-state index contributed by atoms with van der Waals surface area (Å²) in [6.07, 6.45) is 0.816. The van der Waals surface area contributed by atoms with Gasteiger partial charge in [-0.2, -0.15) is 4.52 Å². The highest BCUT2D eigenvalue weighted by Crippen LogP contribution is 2.58. The molecule has 0 aliphatic rings. The minimum absolute atomic E-state index is 0.00136. The van der Waals surface area contributed by atoms with Crippen LogP contribution in [0.25, 0.3) is 0 Å². The number of rotatable bonds is 18. The number of phosphoric acid groups is 1. The van der Waals surface area contributed by atoms with E-state index in [-0.39, 0.29) is 12.7 Å². The summed E-state index contributed by atoms with van der Waals surface area (Å²) in [6, 6.07) is 0. The molecular weight excluding hydrogens is 578 g/mol. The summed E-state index contributed by atoms with van der Waals surface area (Å²) in [5.74, 6) is 0. The van der Waals surface area contributed by atoms with Gasteiger partial charge in [-0.25, -0.2) is 8.43 Å². The Morgan fingerprint density at radius 2 is 1.05 bits per heavy atom. The second-order valence-corrected chi connectivity index (χ2v) is 38.5. The van der Waals surface area contributed by atoms with Crippen LogP contribution in [0.3, 0.4) is 0 Å². The Kier molecular flexibility index (Phi) is 14.8. The number of nitrogens with zero attached hydrogens (tertiary/aromatic N) is 1. The van der Waals surface area contributed by atoms with Crippen LogP contribution < -0.4 is 4.89 Å². The zero-order valence-corrected chi connectivity index (χ0v) is 32.3. The van der Waals surface area contributed by atoms with Crippen LogP contribution >= 0.6 is 8.17 Å². The molecule has 0 saturated heterocycles. The van der Waals surface area contributed by atoms with Gasteiger partial charge >= 0.3 is 8.17 Å². The van der Waals surface area contributed by atoms with E-state index in [0.29, 0.717) is 6.42 Å². The Balaban J connectivity index is 6.49. The molecule has 0 aliphatic heterocycles. The smallest absolute Gasteiger partial charge is 0.356 e. The van der Waals surface area contributed by atoms with E-state index in [1.54, 1.807) is 6.21 Å². The molecule has 0 aromatic heterocycles. The molecule has 0 spiro atoms. The summed E-state index contributed by atoms with van der Waals surface area (Å²) in [6.45, 7) is 31.0. The zero-order chi connectivity index (χ0) is 29.5. The second-order valence-electron chi connectivity index (χ2n) is 14.1. The molecule has 0 aromatic rings. The van der Waals surface area contributed by atoms with Crippen LogP contribution in [0.1, 0.15) is 6.42 Å². The summed E-state index contributed by atoms with van der Waals surface area (Å²) in [4.78, 5) is 18.8. The monoisotopic (exact) mass is 633 g/mol. The molecule has 0 aliphatic carbocycles. The first kappa shape index (κ1) is 37.7. The molecular formula is C22H56NO8PSi5. The van der Waals surface area contributed by atoms with Gasteiger partial charge in [0.2, 0.25) is 16.6 Å². The Hall–Kier alpha value is 0.704. The van der Waals surface area contributed by atoms with E-state index < -0.39 is 62.0 Å². The van der Waals surface area contributed by atoms with Crippen molar-refractivity contribution >= 4 is 56.0 Å². The Labute approximate surface area is 233 Å². The minimum atomic E-state index is -3.83. The van der Waals surface area contributed by atoms with Gasteiger partial charge in [0, 0.05) is 12.6 Å². The highest BCUT2D eigenvalue weighted by molar-refractivity contribution is 7.57. The standard InChI is InChI=1S/C22H56NO8PSi5/c1-25-23-18-17-20(27-33(2,3)4)22(29-35(8,9)10)21(28-34(5,6)7)19-26-32(24,30-36(11,12)13)31-37(14,15)16/h18,20-22H,17,19H2,1-16H3/b23-18-/t20-,21-,22+/m1/s1. The second kappa shape index (κ2) is 14.6. The highest BCUT2D eigenvalue weighted by Gasteiger charge is 2.46. The first-order chi connectivity index (χ1) is 16.2. The fourth-order valence-corrected chi connectivity index (χ4v) is 13.3. The first-order valence-electron chi connectivity index (χ1n) is 13.0. The maximum Gasteiger partial charge on any atom is 0.356 e. The first-order valence-corrected chi connectivity index (χ1v) is 31.5. The molecule has 0 saturated carbocycles. The van der Waals surface area contributed by atoms with Gasteiger partial charge < -0.3 is 23.0 Å². The van der Waals surface area contributed by atoms with E-state index in [1.807, 2.05) is 39.3 Å². The largest absolute Gasteiger partial charge is 0.607 e. The lowest BCUT2D eigenvalue weighted by Gasteiger charge is -2.42. The van der Waals surface area contributed by atoms with Crippen LogP contribution in [0.4, 0.5) is 0 Å². The van der Waals surface area contributed by atoms with Gasteiger partial charge in [-0.1, -0.05) is 5.16 Å². The van der Waals surface area contributed by atoms with E-state index in [1.165, 1.54) is 7.11 Å². The maximum absolute atomic E-state index is 13.9. The molecule has 222 valence electrons. The van der Waals surface area contributed by atoms with Crippen molar-refractivity contribution in [2.24, 2.45) is 5.16 Å². The fourth-order valence-electron chi connectivity index (χ4n) is 3.28. The van der Waals surface area contributed by atoms with Gasteiger partial charge in [0.25, 0.3) is 0 Å². The summed E-state index contributed by atoms with van der Waals surface area (Å²) >= 11 is 0. The fraction of sp³-hybridized carbons (Fsp3) is 0.955. The van der Waals surface area contributed by atoms with Crippen molar-refractivity contribution in [3.63, 3.8) is 0 Å². The van der Waals surface area contributed by atoms with Gasteiger partial charge in [0.1, 0.15) is 19.8 Å². The molecule has 0 radical (unpaired) electrons. The molecule has 3 atom stereocenters. The Bertz CT molecular complexity index is 684.